The average molecular weight is 549 g/mol. The average Bonchev–Trinajstić information content (AvgIpc) is 3.31. The van der Waals surface area contributed by atoms with E-state index in [2.05, 4.69) is 14.7 Å². The molecule has 1 heterocycles. The van der Waals surface area contributed by atoms with E-state index in [1.807, 2.05) is 25.1 Å². The van der Waals surface area contributed by atoms with Crippen molar-refractivity contribution in [3.8, 4) is 23.3 Å². The first-order valence-corrected chi connectivity index (χ1v) is 13.5. The summed E-state index contributed by atoms with van der Waals surface area (Å²) in [4.78, 5) is 16.3. The van der Waals surface area contributed by atoms with E-state index >= 15 is 0 Å². The Morgan fingerprint density at radius 3 is 2.50 bits per heavy atom. The van der Waals surface area contributed by atoms with E-state index < -0.39 is 20.9 Å². The molecular weight excluding hydrogens is 528 g/mol. The number of carbonyl (C=O) groups is 1. The predicted octanol–water partition coefficient (Wildman–Crippen LogP) is 4.00. The van der Waals surface area contributed by atoms with Crippen LogP contribution in [-0.4, -0.2) is 49.8 Å². The zero-order chi connectivity index (χ0) is 26.1. The maximum absolute atomic E-state index is 12.5. The summed E-state index contributed by atoms with van der Waals surface area (Å²) in [5, 5.41) is 11.9. The molecule has 10 nitrogen and oxygen atoms in total. The van der Waals surface area contributed by atoms with Gasteiger partial charge in [-0.05, 0) is 42.8 Å². The quantitative estimate of drug-likeness (QED) is 0.214. The number of halogens is 1. The van der Waals surface area contributed by atoms with Crippen LogP contribution in [0.4, 0.5) is 5.13 Å². The first-order valence-electron chi connectivity index (χ1n) is 10.4. The second kappa shape index (κ2) is 12.3. The van der Waals surface area contributed by atoms with Crippen LogP contribution in [0.1, 0.15) is 12.5 Å². The highest BCUT2D eigenvalue weighted by Crippen LogP contribution is 2.30. The van der Waals surface area contributed by atoms with Crippen molar-refractivity contribution in [3.63, 3.8) is 0 Å². The van der Waals surface area contributed by atoms with Crippen LogP contribution in [0.3, 0.4) is 0 Å². The Morgan fingerprint density at radius 2 is 1.86 bits per heavy atom. The van der Waals surface area contributed by atoms with E-state index in [1.54, 1.807) is 30.3 Å². The third-order valence-corrected chi connectivity index (χ3v) is 6.24. The Kier molecular flexibility index (Phi) is 9.24. The van der Waals surface area contributed by atoms with Gasteiger partial charge in [-0.3, -0.25) is 10.1 Å². The number of para-hydroxylation sites is 1. The fraction of sp³-hybridized carbons (Fsp3) is 0.217. The number of carbonyl (C=O) groups excluding carboxylic acids is 1. The van der Waals surface area contributed by atoms with Gasteiger partial charge in [0.25, 0.3) is 11.1 Å². The lowest BCUT2D eigenvalue weighted by Gasteiger charge is -2.13. The SMILES string of the molecule is CCOc1cc(C=C(C#N)C(=O)Nc2nc(S(C)(=O)=O)ns2)ccc1OCCOc1ccccc1Cl. The molecule has 188 valence electrons. The minimum absolute atomic E-state index is 0.0423. The monoisotopic (exact) mass is 548 g/mol. The molecule has 3 aromatic rings. The highest BCUT2D eigenvalue weighted by atomic mass is 35.5. The number of ether oxygens (including phenoxy) is 3. The van der Waals surface area contributed by atoms with Gasteiger partial charge in [-0.1, -0.05) is 29.8 Å². The molecular formula is C23H21ClN4O6S2. The lowest BCUT2D eigenvalue weighted by atomic mass is 10.1. The van der Waals surface area contributed by atoms with Crippen LogP contribution in [0.2, 0.25) is 5.02 Å². The van der Waals surface area contributed by atoms with Crippen molar-refractivity contribution in [2.24, 2.45) is 0 Å². The normalized spacial score (nSPS) is 11.4. The molecule has 0 aliphatic heterocycles. The van der Waals surface area contributed by atoms with E-state index in [0.29, 0.717) is 46.0 Å². The van der Waals surface area contributed by atoms with Crippen molar-refractivity contribution in [3.05, 3.63) is 58.6 Å². The molecule has 1 N–H and O–H groups in total. The molecule has 0 unspecified atom stereocenters. The third kappa shape index (κ3) is 7.42. The minimum atomic E-state index is -3.61. The lowest BCUT2D eigenvalue weighted by Crippen LogP contribution is -2.13. The number of amides is 1. The zero-order valence-corrected chi connectivity index (χ0v) is 21.6. The number of hydrogen-bond donors (Lipinski definition) is 1. The molecule has 1 aromatic heterocycles. The lowest BCUT2D eigenvalue weighted by molar-refractivity contribution is -0.112. The fourth-order valence-corrected chi connectivity index (χ4v) is 4.39. The molecule has 0 bridgehead atoms. The van der Waals surface area contributed by atoms with Crippen LogP contribution in [0.25, 0.3) is 6.08 Å². The smallest absolute Gasteiger partial charge is 0.268 e. The number of benzene rings is 2. The predicted molar refractivity (Wildman–Crippen MR) is 135 cm³/mol. The zero-order valence-electron chi connectivity index (χ0n) is 19.2. The van der Waals surface area contributed by atoms with Gasteiger partial charge in [0.2, 0.25) is 15.0 Å². The van der Waals surface area contributed by atoms with Gasteiger partial charge in [-0.2, -0.15) is 14.6 Å². The van der Waals surface area contributed by atoms with E-state index in [4.69, 9.17) is 25.8 Å². The summed E-state index contributed by atoms with van der Waals surface area (Å²) in [6.07, 6.45) is 2.32. The van der Waals surface area contributed by atoms with Gasteiger partial charge in [0.1, 0.15) is 30.6 Å². The van der Waals surface area contributed by atoms with E-state index in [9.17, 15) is 18.5 Å². The molecule has 0 fully saturated rings. The Morgan fingerprint density at radius 1 is 1.14 bits per heavy atom. The summed E-state index contributed by atoms with van der Waals surface area (Å²) in [6.45, 7) is 2.66. The number of anilines is 1. The van der Waals surface area contributed by atoms with Crippen molar-refractivity contribution in [1.29, 1.82) is 5.26 Å². The summed E-state index contributed by atoms with van der Waals surface area (Å²) in [5.74, 6) is 0.672. The molecule has 0 saturated carbocycles. The van der Waals surface area contributed by atoms with Gasteiger partial charge in [-0.15, -0.1) is 0 Å². The van der Waals surface area contributed by atoms with Gasteiger partial charge in [0.15, 0.2) is 11.5 Å². The fourth-order valence-electron chi connectivity index (χ4n) is 2.76. The van der Waals surface area contributed by atoms with Crippen molar-refractivity contribution in [2.75, 3.05) is 31.4 Å². The number of aromatic nitrogens is 2. The largest absolute Gasteiger partial charge is 0.490 e. The van der Waals surface area contributed by atoms with Crippen molar-refractivity contribution in [1.82, 2.24) is 9.36 Å². The summed E-state index contributed by atoms with van der Waals surface area (Å²) in [7, 11) is -3.61. The number of hydrogen-bond acceptors (Lipinski definition) is 10. The minimum Gasteiger partial charge on any atom is -0.490 e. The second-order valence-corrected chi connectivity index (χ2v) is 10.1. The van der Waals surface area contributed by atoms with E-state index in [0.717, 1.165) is 6.26 Å². The molecule has 1 amide bonds. The van der Waals surface area contributed by atoms with Crippen molar-refractivity contribution in [2.45, 2.75) is 12.1 Å². The number of nitriles is 1. The van der Waals surface area contributed by atoms with Crippen LogP contribution >= 0.6 is 23.1 Å². The summed E-state index contributed by atoms with van der Waals surface area (Å²) in [5.41, 5.74) is 0.286. The number of nitrogens with one attached hydrogen (secondary N) is 1. The summed E-state index contributed by atoms with van der Waals surface area (Å²) in [6, 6.07) is 13.9. The van der Waals surface area contributed by atoms with Gasteiger partial charge in [0.05, 0.1) is 11.6 Å². The van der Waals surface area contributed by atoms with Gasteiger partial charge in [0, 0.05) is 17.8 Å². The Balaban J connectivity index is 1.68. The second-order valence-electron chi connectivity index (χ2n) is 7.04. The van der Waals surface area contributed by atoms with Crippen LogP contribution in [0, 0.1) is 11.3 Å². The first kappa shape index (κ1) is 26.9. The molecule has 0 aliphatic rings. The van der Waals surface area contributed by atoms with Crippen LogP contribution in [-0.2, 0) is 14.6 Å². The van der Waals surface area contributed by atoms with E-state index in [1.165, 1.54) is 6.08 Å². The highest BCUT2D eigenvalue weighted by Gasteiger charge is 2.18. The molecule has 0 atom stereocenters. The number of sulfone groups is 1. The first-order chi connectivity index (χ1) is 17.2. The molecule has 0 saturated heterocycles. The topological polar surface area (TPSA) is 140 Å². The Bertz CT molecular complexity index is 1420. The van der Waals surface area contributed by atoms with Gasteiger partial charge < -0.3 is 14.2 Å². The molecule has 36 heavy (non-hydrogen) atoms. The molecule has 0 aliphatic carbocycles. The highest BCUT2D eigenvalue weighted by molar-refractivity contribution is 7.90. The summed E-state index contributed by atoms with van der Waals surface area (Å²) < 4.78 is 43.7. The molecule has 0 spiro atoms. The molecule has 2 aromatic carbocycles. The maximum Gasteiger partial charge on any atom is 0.268 e. The van der Waals surface area contributed by atoms with Gasteiger partial charge in [-0.25, -0.2) is 8.42 Å². The Hall–Kier alpha value is -3.66. The molecule has 0 radical (unpaired) electrons. The van der Waals surface area contributed by atoms with Crippen LogP contribution in [0.5, 0.6) is 17.2 Å². The number of nitrogens with zero attached hydrogens (tertiary/aromatic N) is 3. The maximum atomic E-state index is 12.5. The van der Waals surface area contributed by atoms with Crippen molar-refractivity contribution >= 4 is 50.1 Å². The summed E-state index contributed by atoms with van der Waals surface area (Å²) >= 11 is 6.77. The van der Waals surface area contributed by atoms with Crippen molar-refractivity contribution < 1.29 is 27.4 Å². The van der Waals surface area contributed by atoms with Gasteiger partial charge >= 0.3 is 0 Å². The number of rotatable bonds is 11. The third-order valence-electron chi connectivity index (χ3n) is 4.34. The molecule has 3 rings (SSSR count). The Labute approximate surface area is 217 Å². The molecule has 13 heteroatoms. The van der Waals surface area contributed by atoms with Crippen LogP contribution in [0.15, 0.2) is 53.2 Å². The van der Waals surface area contributed by atoms with E-state index in [-0.39, 0.29) is 23.9 Å². The van der Waals surface area contributed by atoms with Crippen LogP contribution < -0.4 is 19.5 Å². The standard InChI is InChI=1S/C23H21ClN4O6S2/c1-3-32-20-13-15(8-9-19(20)34-11-10-33-18-7-5-4-6-17(18)24)12-16(14-25)21(29)26-22-27-23(28-35-22)36(2,30)31/h4-9,12-13H,3,10-11H2,1-2H3,(H,26,27,28,29).